The van der Waals surface area contributed by atoms with Crippen LogP contribution in [-0.2, 0) is 13.6 Å². The number of likely N-dealkylation sites (tertiary alicyclic amines) is 1. The van der Waals surface area contributed by atoms with Crippen LogP contribution in [0.2, 0.25) is 0 Å². The Morgan fingerprint density at radius 1 is 1.35 bits per heavy atom. The van der Waals surface area contributed by atoms with Gasteiger partial charge in [0.2, 0.25) is 0 Å². The number of hydrogen-bond acceptors (Lipinski definition) is 3. The van der Waals surface area contributed by atoms with E-state index in [1.165, 1.54) is 37.2 Å². The van der Waals surface area contributed by atoms with E-state index in [4.69, 9.17) is 4.99 Å². The van der Waals surface area contributed by atoms with E-state index < -0.39 is 0 Å². The van der Waals surface area contributed by atoms with E-state index in [1.54, 1.807) is 0 Å². The Labute approximate surface area is 176 Å². The number of nitrogens with zero attached hydrogens (tertiary/aromatic N) is 4. The van der Waals surface area contributed by atoms with Crippen molar-refractivity contribution < 1.29 is 0 Å². The van der Waals surface area contributed by atoms with Crippen LogP contribution < -0.4 is 10.6 Å². The van der Waals surface area contributed by atoms with Crippen molar-refractivity contribution in [3.8, 4) is 0 Å². The number of aromatic nitrogens is 2. The SMILES string of the molecule is CCNC(=NCc1c(C)nn(C)c1C)NCC(C)N1CCCC(C)C1.I. The summed E-state index contributed by atoms with van der Waals surface area (Å²) in [5, 5.41) is 11.4. The number of piperidine rings is 1. The van der Waals surface area contributed by atoms with Crippen LogP contribution in [0.1, 0.15) is 50.6 Å². The van der Waals surface area contributed by atoms with Crippen molar-refractivity contribution in [2.75, 3.05) is 26.2 Å². The molecule has 0 spiro atoms. The molecular formula is C19H37IN6. The monoisotopic (exact) mass is 476 g/mol. The third kappa shape index (κ3) is 6.40. The molecule has 0 aliphatic carbocycles. The second kappa shape index (κ2) is 11.1. The first-order valence-corrected chi connectivity index (χ1v) is 9.67. The summed E-state index contributed by atoms with van der Waals surface area (Å²) in [6.45, 7) is 15.8. The Hall–Kier alpha value is -0.830. The van der Waals surface area contributed by atoms with Gasteiger partial charge < -0.3 is 10.6 Å². The Bertz CT molecular complexity index is 583. The summed E-state index contributed by atoms with van der Waals surface area (Å²) >= 11 is 0. The van der Waals surface area contributed by atoms with Gasteiger partial charge in [-0.05, 0) is 53.0 Å². The minimum Gasteiger partial charge on any atom is -0.357 e. The van der Waals surface area contributed by atoms with Crippen LogP contribution in [0.15, 0.2) is 4.99 Å². The van der Waals surface area contributed by atoms with E-state index in [0.29, 0.717) is 12.6 Å². The Morgan fingerprint density at radius 3 is 2.65 bits per heavy atom. The topological polar surface area (TPSA) is 57.5 Å². The summed E-state index contributed by atoms with van der Waals surface area (Å²) in [7, 11) is 1.99. The lowest BCUT2D eigenvalue weighted by atomic mass is 9.99. The molecule has 2 unspecified atom stereocenters. The lowest BCUT2D eigenvalue weighted by molar-refractivity contribution is 0.139. The fourth-order valence-electron chi connectivity index (χ4n) is 3.55. The van der Waals surface area contributed by atoms with Gasteiger partial charge in [0.05, 0.1) is 12.2 Å². The number of nitrogens with one attached hydrogen (secondary N) is 2. The van der Waals surface area contributed by atoms with Crippen LogP contribution >= 0.6 is 24.0 Å². The van der Waals surface area contributed by atoms with Crippen LogP contribution in [0.4, 0.5) is 0 Å². The molecular weight excluding hydrogens is 439 g/mol. The highest BCUT2D eigenvalue weighted by atomic mass is 127. The first kappa shape index (κ1) is 23.2. The number of rotatable bonds is 6. The predicted molar refractivity (Wildman–Crippen MR) is 120 cm³/mol. The molecule has 0 amide bonds. The highest BCUT2D eigenvalue weighted by Crippen LogP contribution is 2.17. The summed E-state index contributed by atoms with van der Waals surface area (Å²) in [6, 6.07) is 0.522. The van der Waals surface area contributed by atoms with Crippen LogP contribution in [0, 0.1) is 19.8 Å². The molecule has 0 aromatic carbocycles. The maximum atomic E-state index is 4.77. The summed E-state index contributed by atoms with van der Waals surface area (Å²) in [6.07, 6.45) is 2.68. The second-order valence-electron chi connectivity index (χ2n) is 7.44. The van der Waals surface area contributed by atoms with E-state index in [0.717, 1.165) is 30.7 Å². The standard InChI is InChI=1S/C19H36N6.HI/c1-7-20-19(22-12-18-16(4)23-24(6)17(18)5)21-11-15(3)25-10-8-9-14(2)13-25;/h14-15H,7-13H2,1-6H3,(H2,20,21,22);1H. The van der Waals surface area contributed by atoms with Gasteiger partial charge in [0.15, 0.2) is 5.96 Å². The Morgan fingerprint density at radius 2 is 2.08 bits per heavy atom. The molecule has 2 N–H and O–H groups in total. The van der Waals surface area contributed by atoms with Gasteiger partial charge in [-0.1, -0.05) is 6.92 Å². The lowest BCUT2D eigenvalue weighted by Crippen LogP contribution is -2.48. The molecule has 7 heteroatoms. The minimum absolute atomic E-state index is 0. The zero-order valence-electron chi connectivity index (χ0n) is 17.3. The third-order valence-corrected chi connectivity index (χ3v) is 5.28. The fraction of sp³-hybridized carbons (Fsp3) is 0.789. The van der Waals surface area contributed by atoms with Crippen molar-refractivity contribution in [1.29, 1.82) is 0 Å². The van der Waals surface area contributed by atoms with Gasteiger partial charge in [-0.15, -0.1) is 24.0 Å². The Kier molecular flexibility index (Phi) is 9.92. The van der Waals surface area contributed by atoms with E-state index in [1.807, 2.05) is 11.7 Å². The molecule has 1 aromatic heterocycles. The van der Waals surface area contributed by atoms with Gasteiger partial charge in [0, 0.05) is 44.0 Å². The molecule has 0 radical (unpaired) electrons. The van der Waals surface area contributed by atoms with Crippen molar-refractivity contribution in [2.24, 2.45) is 18.0 Å². The summed E-state index contributed by atoms with van der Waals surface area (Å²) < 4.78 is 1.93. The van der Waals surface area contributed by atoms with E-state index in [9.17, 15) is 0 Å². The molecule has 1 fully saturated rings. The van der Waals surface area contributed by atoms with Gasteiger partial charge in [-0.3, -0.25) is 9.58 Å². The van der Waals surface area contributed by atoms with E-state index >= 15 is 0 Å². The molecule has 1 aliphatic rings. The average molecular weight is 476 g/mol. The van der Waals surface area contributed by atoms with Gasteiger partial charge in [-0.25, -0.2) is 4.99 Å². The van der Waals surface area contributed by atoms with E-state index in [2.05, 4.69) is 55.3 Å². The van der Waals surface area contributed by atoms with Gasteiger partial charge in [0.1, 0.15) is 0 Å². The molecule has 2 atom stereocenters. The minimum atomic E-state index is 0. The van der Waals surface area contributed by atoms with E-state index in [-0.39, 0.29) is 24.0 Å². The highest BCUT2D eigenvalue weighted by molar-refractivity contribution is 14.0. The van der Waals surface area contributed by atoms with Crippen LogP contribution in [0.25, 0.3) is 0 Å². The predicted octanol–water partition coefficient (Wildman–Crippen LogP) is 2.83. The van der Waals surface area contributed by atoms with Crippen molar-refractivity contribution in [1.82, 2.24) is 25.3 Å². The van der Waals surface area contributed by atoms with Crippen molar-refractivity contribution >= 4 is 29.9 Å². The normalized spacial score (nSPS) is 19.8. The molecule has 150 valence electrons. The smallest absolute Gasteiger partial charge is 0.191 e. The summed E-state index contributed by atoms with van der Waals surface area (Å²) in [5.41, 5.74) is 3.47. The molecule has 26 heavy (non-hydrogen) atoms. The quantitative estimate of drug-likeness (QED) is 0.377. The summed E-state index contributed by atoms with van der Waals surface area (Å²) in [4.78, 5) is 7.37. The first-order chi connectivity index (χ1) is 11.9. The molecule has 6 nitrogen and oxygen atoms in total. The maximum absolute atomic E-state index is 4.77. The zero-order chi connectivity index (χ0) is 18.4. The van der Waals surface area contributed by atoms with Crippen molar-refractivity contribution in [3.05, 3.63) is 17.0 Å². The number of halogens is 1. The van der Waals surface area contributed by atoms with Crippen LogP contribution in [0.5, 0.6) is 0 Å². The van der Waals surface area contributed by atoms with Crippen molar-refractivity contribution in [3.63, 3.8) is 0 Å². The largest absolute Gasteiger partial charge is 0.357 e. The number of hydrogen-bond donors (Lipinski definition) is 2. The van der Waals surface area contributed by atoms with Crippen molar-refractivity contribution in [2.45, 2.75) is 60.0 Å². The van der Waals surface area contributed by atoms with Gasteiger partial charge in [0.25, 0.3) is 0 Å². The molecule has 1 aromatic rings. The highest BCUT2D eigenvalue weighted by Gasteiger charge is 2.20. The molecule has 1 saturated heterocycles. The number of aliphatic imine (C=N–C) groups is 1. The molecule has 0 saturated carbocycles. The van der Waals surface area contributed by atoms with Gasteiger partial charge >= 0.3 is 0 Å². The number of aryl methyl sites for hydroxylation is 2. The molecule has 2 rings (SSSR count). The lowest BCUT2D eigenvalue weighted by Gasteiger charge is -2.35. The van der Waals surface area contributed by atoms with Crippen LogP contribution in [0.3, 0.4) is 0 Å². The molecule has 2 heterocycles. The Balaban J connectivity index is 0.00000338. The fourth-order valence-corrected chi connectivity index (χ4v) is 3.55. The molecule has 1 aliphatic heterocycles. The second-order valence-corrected chi connectivity index (χ2v) is 7.44. The van der Waals surface area contributed by atoms with Crippen LogP contribution in [-0.4, -0.2) is 52.9 Å². The zero-order valence-corrected chi connectivity index (χ0v) is 19.6. The van der Waals surface area contributed by atoms with Gasteiger partial charge in [-0.2, -0.15) is 5.10 Å². The molecule has 0 bridgehead atoms. The number of guanidine groups is 1. The maximum Gasteiger partial charge on any atom is 0.191 e. The average Bonchev–Trinajstić information content (AvgIpc) is 2.82. The first-order valence-electron chi connectivity index (χ1n) is 9.67. The third-order valence-electron chi connectivity index (χ3n) is 5.28. The summed E-state index contributed by atoms with van der Waals surface area (Å²) in [5.74, 6) is 1.71.